The lowest BCUT2D eigenvalue weighted by molar-refractivity contribution is -1.11. The fourth-order valence-corrected chi connectivity index (χ4v) is 4.26. The summed E-state index contributed by atoms with van der Waals surface area (Å²) in [6.07, 6.45) is -0.239. The molecule has 2 aromatic rings. The summed E-state index contributed by atoms with van der Waals surface area (Å²) in [5.74, 6) is 0.280. The molecule has 0 atom stereocenters. The second kappa shape index (κ2) is 9.87. The zero-order valence-corrected chi connectivity index (χ0v) is 19.4. The summed E-state index contributed by atoms with van der Waals surface area (Å²) in [6, 6.07) is 15.6. The summed E-state index contributed by atoms with van der Waals surface area (Å²) in [4.78, 5) is 17.6. The highest BCUT2D eigenvalue weighted by molar-refractivity contribution is 6.37. The van der Waals surface area contributed by atoms with Gasteiger partial charge in [0, 0.05) is 18.2 Å². The number of ether oxygens (including phenoxy) is 3. The lowest BCUT2D eigenvalue weighted by atomic mass is 9.97. The molecule has 1 aliphatic carbocycles. The van der Waals surface area contributed by atoms with Crippen molar-refractivity contribution in [2.75, 3.05) is 46.5 Å². The first kappa shape index (κ1) is 23.2. The van der Waals surface area contributed by atoms with Crippen LogP contribution in [0.3, 0.4) is 0 Å². The van der Waals surface area contributed by atoms with Gasteiger partial charge in [-0.2, -0.15) is 4.65 Å². The Labute approximate surface area is 194 Å². The second-order valence-electron chi connectivity index (χ2n) is 8.58. The molecule has 1 aliphatic heterocycles. The van der Waals surface area contributed by atoms with Crippen molar-refractivity contribution in [2.45, 2.75) is 20.0 Å². The van der Waals surface area contributed by atoms with Crippen molar-refractivity contribution in [1.82, 2.24) is 0 Å². The zero-order valence-electron chi connectivity index (χ0n) is 19.4. The number of benzene rings is 2. The van der Waals surface area contributed by atoms with Gasteiger partial charge in [-0.15, -0.1) is 0 Å². The van der Waals surface area contributed by atoms with Crippen LogP contribution < -0.4 is 4.74 Å². The first-order valence-corrected chi connectivity index (χ1v) is 11.3. The Bertz CT molecular complexity index is 1070. The maximum atomic E-state index is 13.1. The van der Waals surface area contributed by atoms with Gasteiger partial charge < -0.3 is 14.2 Å². The molecule has 2 aliphatic rings. The van der Waals surface area contributed by atoms with Gasteiger partial charge in [0.15, 0.2) is 0 Å². The summed E-state index contributed by atoms with van der Waals surface area (Å²) < 4.78 is 16.8. The van der Waals surface area contributed by atoms with Gasteiger partial charge in [0.1, 0.15) is 32.0 Å². The van der Waals surface area contributed by atoms with Gasteiger partial charge >= 0.3 is 5.97 Å². The smallest absolute Gasteiger partial charge is 0.341 e. The summed E-state index contributed by atoms with van der Waals surface area (Å²) in [7, 11) is 1.68. The van der Waals surface area contributed by atoms with E-state index in [1.54, 1.807) is 7.05 Å². The van der Waals surface area contributed by atoms with Crippen molar-refractivity contribution in [1.29, 1.82) is 0 Å². The minimum atomic E-state index is -0.387. The fourth-order valence-electron chi connectivity index (χ4n) is 4.26. The number of quaternary nitrogens is 1. The third kappa shape index (κ3) is 5.00. The number of aliphatic imine (C=N–C) groups is 1. The maximum absolute atomic E-state index is 13.1. The van der Waals surface area contributed by atoms with Gasteiger partial charge in [-0.25, -0.2) is 10.0 Å². The van der Waals surface area contributed by atoms with Gasteiger partial charge in [-0.3, -0.25) is 4.99 Å². The summed E-state index contributed by atoms with van der Waals surface area (Å²) in [5.41, 5.74) is 4.57. The van der Waals surface area contributed by atoms with Gasteiger partial charge in [-0.05, 0) is 43.2 Å². The molecule has 0 aromatic heterocycles. The highest BCUT2D eigenvalue weighted by atomic mass is 16.6. The van der Waals surface area contributed by atoms with Crippen LogP contribution in [0.4, 0.5) is 0 Å². The van der Waals surface area contributed by atoms with Crippen molar-refractivity contribution in [3.63, 3.8) is 0 Å². The lowest BCUT2D eigenvalue weighted by Crippen LogP contribution is -2.54. The molecule has 0 spiro atoms. The third-order valence-corrected chi connectivity index (χ3v) is 5.92. The van der Waals surface area contributed by atoms with E-state index in [9.17, 15) is 10.0 Å². The molecule has 1 heterocycles. The van der Waals surface area contributed by atoms with Crippen LogP contribution in [-0.2, 0) is 14.3 Å². The van der Waals surface area contributed by atoms with Crippen molar-refractivity contribution >= 4 is 17.3 Å². The zero-order chi connectivity index (χ0) is 23.4. The molecule has 1 saturated heterocycles. The molecule has 0 bridgehead atoms. The van der Waals surface area contributed by atoms with Gasteiger partial charge in [-0.1, -0.05) is 30.3 Å². The number of hydrogen-bond acceptors (Lipinski definition) is 6. The molecular formula is C26H31N2O5+. The van der Waals surface area contributed by atoms with Gasteiger partial charge in [0.2, 0.25) is 0 Å². The highest BCUT2D eigenvalue weighted by Gasteiger charge is 2.34. The van der Waals surface area contributed by atoms with E-state index in [4.69, 9.17) is 14.2 Å². The fraction of sp³-hybridized carbons (Fsp3) is 0.385. The Balaban J connectivity index is 1.63. The summed E-state index contributed by atoms with van der Waals surface area (Å²) >= 11 is 0. The first-order chi connectivity index (χ1) is 15.9. The number of hydrogen-bond donors (Lipinski definition) is 1. The maximum Gasteiger partial charge on any atom is 0.341 e. The summed E-state index contributed by atoms with van der Waals surface area (Å²) in [5, 5.41) is 10.6. The number of fused-ring (bicyclic) bond motifs is 1. The van der Waals surface area contributed by atoms with Crippen LogP contribution >= 0.6 is 0 Å². The topological polar surface area (TPSA) is 77.4 Å². The molecule has 1 N–H and O–H groups in total. The Morgan fingerprint density at radius 3 is 2.52 bits per heavy atom. The largest absolute Gasteiger partial charge is 0.488 e. The average molecular weight is 452 g/mol. The van der Waals surface area contributed by atoms with Crippen LogP contribution in [0.25, 0.3) is 5.57 Å². The van der Waals surface area contributed by atoms with Crippen molar-refractivity contribution < 1.29 is 28.9 Å². The number of nitrogens with zero attached hydrogens (tertiary/aromatic N) is 2. The van der Waals surface area contributed by atoms with Crippen LogP contribution in [0.15, 0.2) is 59.1 Å². The molecule has 7 nitrogen and oxygen atoms in total. The van der Waals surface area contributed by atoms with Gasteiger partial charge in [0.05, 0.1) is 30.6 Å². The molecular weight excluding hydrogens is 420 g/mol. The molecule has 0 radical (unpaired) electrons. The van der Waals surface area contributed by atoms with Crippen LogP contribution in [-0.4, -0.2) is 74.1 Å². The van der Waals surface area contributed by atoms with E-state index in [1.807, 2.05) is 62.4 Å². The molecule has 4 rings (SSSR count). The molecule has 7 heteroatoms. The predicted molar refractivity (Wildman–Crippen MR) is 126 cm³/mol. The normalized spacial score (nSPS) is 18.5. The Hall–Kier alpha value is -3.00. The average Bonchev–Trinajstić information content (AvgIpc) is 3.13. The molecule has 174 valence electrons. The van der Waals surface area contributed by atoms with E-state index in [0.29, 0.717) is 56.5 Å². The van der Waals surface area contributed by atoms with E-state index in [1.165, 1.54) is 0 Å². The molecule has 2 aromatic carbocycles. The number of morpholine rings is 1. The van der Waals surface area contributed by atoms with Crippen molar-refractivity contribution in [3.05, 3.63) is 70.8 Å². The Kier molecular flexibility index (Phi) is 6.93. The van der Waals surface area contributed by atoms with E-state index >= 15 is 0 Å². The number of carbonyl (C=O) groups is 1. The second-order valence-corrected chi connectivity index (χ2v) is 8.58. The van der Waals surface area contributed by atoms with Crippen molar-refractivity contribution in [2.24, 2.45) is 4.99 Å². The lowest BCUT2D eigenvalue weighted by Gasteiger charge is -2.33. The minimum Gasteiger partial charge on any atom is -0.488 e. The third-order valence-electron chi connectivity index (χ3n) is 5.92. The van der Waals surface area contributed by atoms with Crippen LogP contribution in [0.5, 0.6) is 5.75 Å². The first-order valence-electron chi connectivity index (χ1n) is 11.3. The molecule has 0 saturated carbocycles. The monoisotopic (exact) mass is 451 g/mol. The van der Waals surface area contributed by atoms with Crippen LogP contribution in [0, 0.1) is 0 Å². The van der Waals surface area contributed by atoms with Crippen LogP contribution in [0.1, 0.15) is 30.5 Å². The number of esters is 1. The highest BCUT2D eigenvalue weighted by Crippen LogP contribution is 2.40. The Morgan fingerprint density at radius 1 is 1.12 bits per heavy atom. The predicted octanol–water partition coefficient (Wildman–Crippen LogP) is 3.49. The van der Waals surface area contributed by atoms with E-state index in [2.05, 4.69) is 4.99 Å². The molecule has 0 unspecified atom stereocenters. The van der Waals surface area contributed by atoms with Gasteiger partial charge in [0.25, 0.3) is 0 Å². The number of hydroxylamine groups is 3. The molecule has 0 amide bonds. The molecule has 1 fully saturated rings. The van der Waals surface area contributed by atoms with E-state index in [-0.39, 0.29) is 16.7 Å². The van der Waals surface area contributed by atoms with E-state index in [0.717, 1.165) is 22.3 Å². The van der Waals surface area contributed by atoms with E-state index < -0.39 is 0 Å². The minimum absolute atomic E-state index is 0.0441. The van der Waals surface area contributed by atoms with Crippen LogP contribution in [0.2, 0.25) is 0 Å². The quantitative estimate of drug-likeness (QED) is 0.515. The van der Waals surface area contributed by atoms with Crippen molar-refractivity contribution in [3.8, 4) is 5.75 Å². The number of carbonyl (C=O) groups excluding carboxylic acids is 1. The Morgan fingerprint density at radius 2 is 1.85 bits per heavy atom. The standard InChI is InChI=1S/C26H31N2O5/c1-18(2)33-26(29)24-23(19-7-5-4-6-8-19)21-10-9-20(17-22(21)25(24)27-3)32-16-13-28(30)11-14-31-15-12-28/h4-10,17-18,30H,11-16H2,1-3H3/q+1/b27-25-. The summed E-state index contributed by atoms with van der Waals surface area (Å²) in [6.45, 7) is 6.75. The SMILES string of the molecule is C/N=C1\C(C(=O)OC(C)C)=C(c2ccccc2)c2ccc(OCC[N+]3(O)CCOCC3)cc21. The molecule has 33 heavy (non-hydrogen) atoms. The number of rotatable bonds is 7.